The third-order valence-electron chi connectivity index (χ3n) is 5.82. The summed E-state index contributed by atoms with van der Waals surface area (Å²) < 4.78 is 5.62. The Morgan fingerprint density at radius 1 is 1.10 bits per heavy atom. The second-order valence-corrected chi connectivity index (χ2v) is 8.21. The first-order valence-electron chi connectivity index (χ1n) is 10.8. The highest BCUT2D eigenvalue weighted by Crippen LogP contribution is 2.29. The second kappa shape index (κ2) is 10.7. The normalized spacial score (nSPS) is 15.7. The van der Waals surface area contributed by atoms with Gasteiger partial charge in [-0.3, -0.25) is 4.79 Å². The predicted octanol–water partition coefficient (Wildman–Crippen LogP) is 5.01. The molecule has 0 saturated carbocycles. The monoisotopic (exact) mass is 429 g/mol. The average Bonchev–Trinajstić information content (AvgIpc) is 2.78. The first-order valence-corrected chi connectivity index (χ1v) is 11.2. The molecule has 0 spiro atoms. The summed E-state index contributed by atoms with van der Waals surface area (Å²) in [4.78, 5) is 17.0. The Balaban J connectivity index is 1.51. The van der Waals surface area contributed by atoms with Crippen LogP contribution in [-0.4, -0.2) is 50.1 Å². The van der Waals surface area contributed by atoms with Crippen molar-refractivity contribution in [3.63, 3.8) is 0 Å². The molecule has 2 aromatic rings. The molecule has 1 aliphatic heterocycles. The van der Waals surface area contributed by atoms with E-state index in [0.717, 1.165) is 44.8 Å². The van der Waals surface area contributed by atoms with Gasteiger partial charge < -0.3 is 19.9 Å². The zero-order valence-electron chi connectivity index (χ0n) is 18.2. The van der Waals surface area contributed by atoms with Crippen LogP contribution in [0.2, 0.25) is 5.02 Å². The maximum absolute atomic E-state index is 12.3. The molecule has 3 rings (SSSR count). The topological polar surface area (TPSA) is 44.8 Å². The highest BCUT2D eigenvalue weighted by atomic mass is 35.5. The number of nitrogens with one attached hydrogen (secondary N) is 1. The molecule has 0 radical (unpaired) electrons. The van der Waals surface area contributed by atoms with Gasteiger partial charge in [0.05, 0.1) is 10.7 Å². The number of likely N-dealkylation sites (N-methyl/N-ethyl adjacent to an activating group) is 1. The third-order valence-corrected chi connectivity index (χ3v) is 6.13. The van der Waals surface area contributed by atoms with E-state index >= 15 is 0 Å². The van der Waals surface area contributed by atoms with Crippen molar-refractivity contribution in [1.82, 2.24) is 4.90 Å². The van der Waals surface area contributed by atoms with Crippen LogP contribution in [0.4, 0.5) is 11.4 Å². The Morgan fingerprint density at radius 3 is 2.40 bits per heavy atom. The summed E-state index contributed by atoms with van der Waals surface area (Å²) >= 11 is 6.50. The molecule has 30 heavy (non-hydrogen) atoms. The summed E-state index contributed by atoms with van der Waals surface area (Å²) in [5, 5.41) is 3.52. The summed E-state index contributed by atoms with van der Waals surface area (Å²) in [5.74, 6) is 1.00. The molecule has 0 unspecified atom stereocenters. The van der Waals surface area contributed by atoms with Gasteiger partial charge in [-0.2, -0.15) is 0 Å². The number of carbonyl (C=O) groups excluding carboxylic acids is 1. The lowest BCUT2D eigenvalue weighted by atomic mass is 9.99. The van der Waals surface area contributed by atoms with E-state index in [1.54, 1.807) is 0 Å². The smallest absolute Gasteiger partial charge is 0.262 e. The molecule has 1 aliphatic rings. The minimum Gasteiger partial charge on any atom is -0.484 e. The molecule has 1 saturated heterocycles. The van der Waals surface area contributed by atoms with Gasteiger partial charge in [0.1, 0.15) is 5.75 Å². The lowest BCUT2D eigenvalue weighted by Crippen LogP contribution is -2.46. The van der Waals surface area contributed by atoms with Crippen LogP contribution in [0, 0.1) is 0 Å². The number of nitrogens with zero attached hydrogens (tertiary/aromatic N) is 2. The van der Waals surface area contributed by atoms with Crippen LogP contribution >= 0.6 is 11.6 Å². The molecule has 1 N–H and O–H groups in total. The lowest BCUT2D eigenvalue weighted by molar-refractivity contribution is -0.118. The predicted molar refractivity (Wildman–Crippen MR) is 125 cm³/mol. The zero-order chi connectivity index (χ0) is 21.5. The first kappa shape index (κ1) is 22.4. The number of halogens is 1. The highest BCUT2D eigenvalue weighted by molar-refractivity contribution is 6.33. The largest absolute Gasteiger partial charge is 0.484 e. The Morgan fingerprint density at radius 2 is 1.80 bits per heavy atom. The fourth-order valence-corrected chi connectivity index (χ4v) is 3.92. The minimum atomic E-state index is -0.207. The number of benzene rings is 2. The molecule has 0 aromatic heterocycles. The maximum atomic E-state index is 12.3. The fourth-order valence-electron chi connectivity index (χ4n) is 3.62. The van der Waals surface area contributed by atoms with E-state index in [0.29, 0.717) is 22.4 Å². The molecule has 6 heteroatoms. The number of ether oxygens (including phenoxy) is 1. The van der Waals surface area contributed by atoms with Crippen LogP contribution in [0.25, 0.3) is 0 Å². The van der Waals surface area contributed by atoms with Gasteiger partial charge in [0.25, 0.3) is 5.91 Å². The van der Waals surface area contributed by atoms with E-state index in [1.807, 2.05) is 30.3 Å². The number of rotatable bonds is 8. The van der Waals surface area contributed by atoms with E-state index in [2.05, 4.69) is 48.0 Å². The van der Waals surface area contributed by atoms with Gasteiger partial charge in [0.2, 0.25) is 0 Å². The Kier molecular flexibility index (Phi) is 8.00. The van der Waals surface area contributed by atoms with Crippen LogP contribution in [-0.2, 0) is 4.79 Å². The van der Waals surface area contributed by atoms with E-state index in [-0.39, 0.29) is 12.5 Å². The summed E-state index contributed by atoms with van der Waals surface area (Å²) in [6.07, 6.45) is 1.10. The standard InChI is InChI=1S/C24H32ClN3O2/c1-4-18(3)19-6-9-21(10-7-19)30-17-24(29)26-20-8-11-23(22(25)16-20)28-14-12-27(5-2)13-15-28/h6-11,16,18H,4-5,12-15,17H2,1-3H3,(H,26,29)/t18-/m0/s1. The third kappa shape index (κ3) is 5.89. The van der Waals surface area contributed by atoms with Crippen molar-refractivity contribution in [2.24, 2.45) is 0 Å². The summed E-state index contributed by atoms with van der Waals surface area (Å²) in [6, 6.07) is 13.6. The van der Waals surface area contributed by atoms with Gasteiger partial charge in [-0.05, 0) is 54.8 Å². The van der Waals surface area contributed by atoms with E-state index in [9.17, 15) is 4.79 Å². The molecule has 1 fully saturated rings. The van der Waals surface area contributed by atoms with Crippen molar-refractivity contribution in [3.05, 3.63) is 53.1 Å². The van der Waals surface area contributed by atoms with Crippen LogP contribution in [0.1, 0.15) is 38.7 Å². The van der Waals surface area contributed by atoms with Crippen molar-refractivity contribution in [1.29, 1.82) is 0 Å². The average molecular weight is 430 g/mol. The van der Waals surface area contributed by atoms with Crippen molar-refractivity contribution in [2.45, 2.75) is 33.1 Å². The summed E-state index contributed by atoms with van der Waals surface area (Å²) in [5.41, 5.74) is 2.97. The molecule has 5 nitrogen and oxygen atoms in total. The molecule has 0 bridgehead atoms. The van der Waals surface area contributed by atoms with Crippen molar-refractivity contribution >= 4 is 28.9 Å². The van der Waals surface area contributed by atoms with Gasteiger partial charge in [0.15, 0.2) is 6.61 Å². The molecule has 0 aliphatic carbocycles. The van der Waals surface area contributed by atoms with Crippen molar-refractivity contribution in [3.8, 4) is 5.75 Å². The highest BCUT2D eigenvalue weighted by Gasteiger charge is 2.18. The van der Waals surface area contributed by atoms with E-state index in [4.69, 9.17) is 16.3 Å². The molecule has 2 aromatic carbocycles. The number of amides is 1. The van der Waals surface area contributed by atoms with Gasteiger partial charge in [-0.15, -0.1) is 0 Å². The number of carbonyl (C=O) groups is 1. The maximum Gasteiger partial charge on any atom is 0.262 e. The van der Waals surface area contributed by atoms with E-state index < -0.39 is 0 Å². The molecular formula is C24H32ClN3O2. The van der Waals surface area contributed by atoms with Crippen LogP contribution in [0.3, 0.4) is 0 Å². The molecule has 1 heterocycles. The van der Waals surface area contributed by atoms with Gasteiger partial charge in [-0.25, -0.2) is 0 Å². The van der Waals surface area contributed by atoms with Crippen LogP contribution < -0.4 is 15.0 Å². The number of anilines is 2. The van der Waals surface area contributed by atoms with Crippen LogP contribution in [0.15, 0.2) is 42.5 Å². The fraction of sp³-hybridized carbons (Fsp3) is 0.458. The van der Waals surface area contributed by atoms with Crippen molar-refractivity contribution < 1.29 is 9.53 Å². The second-order valence-electron chi connectivity index (χ2n) is 7.80. The zero-order valence-corrected chi connectivity index (χ0v) is 18.9. The summed E-state index contributed by atoms with van der Waals surface area (Å²) in [7, 11) is 0. The molecular weight excluding hydrogens is 398 g/mol. The number of hydrogen-bond donors (Lipinski definition) is 1. The quantitative estimate of drug-likeness (QED) is 0.640. The van der Waals surface area contributed by atoms with Crippen molar-refractivity contribution in [2.75, 3.05) is 49.5 Å². The lowest BCUT2D eigenvalue weighted by Gasteiger charge is -2.36. The molecule has 162 valence electrons. The molecule has 1 amide bonds. The number of hydrogen-bond acceptors (Lipinski definition) is 4. The van der Waals surface area contributed by atoms with Gasteiger partial charge >= 0.3 is 0 Å². The number of piperazine rings is 1. The molecule has 1 atom stereocenters. The Labute approximate surface area is 185 Å². The van der Waals surface area contributed by atoms with E-state index in [1.165, 1.54) is 5.56 Å². The van der Waals surface area contributed by atoms with Crippen LogP contribution in [0.5, 0.6) is 5.75 Å². The van der Waals surface area contributed by atoms with Gasteiger partial charge in [-0.1, -0.05) is 44.5 Å². The summed E-state index contributed by atoms with van der Waals surface area (Å²) in [6.45, 7) is 11.6. The Bertz CT molecular complexity index is 833. The van der Waals surface area contributed by atoms with Gasteiger partial charge in [0, 0.05) is 31.9 Å². The SMILES string of the molecule is CC[C@H](C)c1ccc(OCC(=O)Nc2ccc(N3CCN(CC)CC3)c(Cl)c2)cc1. The minimum absolute atomic E-state index is 0.0406. The Hall–Kier alpha value is -2.24. The first-order chi connectivity index (χ1) is 14.5.